The molecule has 0 N–H and O–H groups in total. The second-order valence-electron chi connectivity index (χ2n) is 4.46. The van der Waals surface area contributed by atoms with Crippen LogP contribution in [-0.2, 0) is 13.5 Å². The zero-order valence-corrected chi connectivity index (χ0v) is 10.6. The second-order valence-corrected chi connectivity index (χ2v) is 4.46. The number of aryl methyl sites for hydroxylation is 2. The summed E-state index contributed by atoms with van der Waals surface area (Å²) < 4.78 is 1.80. The fourth-order valence-corrected chi connectivity index (χ4v) is 2.25. The van der Waals surface area contributed by atoms with E-state index in [1.165, 1.54) is 16.3 Å². The smallest absolute Gasteiger partial charge is 0.0739 e. The van der Waals surface area contributed by atoms with Crippen LogP contribution in [0.25, 0.3) is 22.0 Å². The lowest BCUT2D eigenvalue weighted by atomic mass is 10.0. The molecule has 0 bridgehead atoms. The maximum Gasteiger partial charge on any atom is 0.0739 e. The molecule has 0 unspecified atom stereocenters. The van der Waals surface area contributed by atoms with E-state index in [0.717, 1.165) is 17.7 Å². The molecule has 0 amide bonds. The molecule has 0 atom stereocenters. The van der Waals surface area contributed by atoms with Crippen LogP contribution in [0.3, 0.4) is 0 Å². The molecule has 0 saturated carbocycles. The van der Waals surface area contributed by atoms with Crippen molar-refractivity contribution in [2.24, 2.45) is 7.05 Å². The van der Waals surface area contributed by atoms with Crippen molar-refractivity contribution >= 4 is 10.8 Å². The summed E-state index contributed by atoms with van der Waals surface area (Å²) in [5.74, 6) is 0. The Labute approximate surface area is 106 Å². The molecule has 3 nitrogen and oxygen atoms in total. The largest absolute Gasteiger partial charge is 0.275 e. The predicted molar refractivity (Wildman–Crippen MR) is 73.3 cm³/mol. The molecule has 18 heavy (non-hydrogen) atoms. The molecular formula is C15H15N3. The number of hydrogen-bond acceptors (Lipinski definition) is 2. The van der Waals surface area contributed by atoms with Gasteiger partial charge in [0.1, 0.15) is 0 Å². The molecule has 3 heteroatoms. The van der Waals surface area contributed by atoms with E-state index < -0.39 is 0 Å². The van der Waals surface area contributed by atoms with Crippen LogP contribution in [0.5, 0.6) is 0 Å². The Hall–Kier alpha value is -2.16. The van der Waals surface area contributed by atoms with Gasteiger partial charge in [-0.1, -0.05) is 25.1 Å². The van der Waals surface area contributed by atoms with E-state index in [2.05, 4.69) is 41.3 Å². The summed E-state index contributed by atoms with van der Waals surface area (Å²) in [6, 6.07) is 8.53. The van der Waals surface area contributed by atoms with E-state index >= 15 is 0 Å². The number of aromatic nitrogens is 3. The predicted octanol–water partition coefficient (Wildman–Crippen LogP) is 3.20. The summed E-state index contributed by atoms with van der Waals surface area (Å²) in [5, 5.41) is 6.67. The first-order valence-electron chi connectivity index (χ1n) is 6.14. The zero-order chi connectivity index (χ0) is 12.5. The lowest BCUT2D eigenvalue weighted by Crippen LogP contribution is -1.87. The summed E-state index contributed by atoms with van der Waals surface area (Å²) >= 11 is 0. The number of pyridine rings is 1. The third-order valence-electron chi connectivity index (χ3n) is 3.24. The first-order chi connectivity index (χ1) is 8.78. The summed E-state index contributed by atoms with van der Waals surface area (Å²) in [7, 11) is 1.92. The average molecular weight is 237 g/mol. The highest BCUT2D eigenvalue weighted by atomic mass is 15.2. The van der Waals surface area contributed by atoms with E-state index in [0.29, 0.717) is 0 Å². The van der Waals surface area contributed by atoms with Crippen LogP contribution in [0.15, 0.2) is 42.9 Å². The molecule has 3 aromatic rings. The van der Waals surface area contributed by atoms with Crippen LogP contribution in [0.2, 0.25) is 0 Å². The van der Waals surface area contributed by atoms with Crippen molar-refractivity contribution in [3.8, 4) is 11.3 Å². The molecule has 0 fully saturated rings. The van der Waals surface area contributed by atoms with E-state index in [-0.39, 0.29) is 0 Å². The number of hydrogen-bond donors (Lipinski definition) is 0. The Bertz CT molecular complexity index is 698. The molecule has 0 aliphatic carbocycles. The molecule has 2 heterocycles. The van der Waals surface area contributed by atoms with Gasteiger partial charge < -0.3 is 0 Å². The van der Waals surface area contributed by atoms with Gasteiger partial charge in [0.2, 0.25) is 0 Å². The molecular weight excluding hydrogens is 222 g/mol. The maximum absolute atomic E-state index is 4.55. The van der Waals surface area contributed by atoms with Crippen molar-refractivity contribution in [3.05, 3.63) is 48.4 Å². The zero-order valence-electron chi connectivity index (χ0n) is 10.6. The van der Waals surface area contributed by atoms with Gasteiger partial charge in [-0.05, 0) is 23.4 Å². The summed E-state index contributed by atoms with van der Waals surface area (Å²) in [4.78, 5) is 4.55. The minimum absolute atomic E-state index is 0.976. The van der Waals surface area contributed by atoms with Crippen molar-refractivity contribution in [2.75, 3.05) is 0 Å². The highest BCUT2D eigenvalue weighted by Crippen LogP contribution is 2.23. The van der Waals surface area contributed by atoms with Crippen LogP contribution >= 0.6 is 0 Å². The molecule has 0 radical (unpaired) electrons. The van der Waals surface area contributed by atoms with Gasteiger partial charge in [-0.3, -0.25) is 9.67 Å². The minimum atomic E-state index is 0.976. The molecule has 0 spiro atoms. The monoisotopic (exact) mass is 237 g/mol. The van der Waals surface area contributed by atoms with E-state index in [4.69, 9.17) is 0 Å². The standard InChI is InChI=1S/C15H15N3/c1-3-11-5-4-6-12-7-15(16-9-14(11)12)13-8-17-18(2)10-13/h4-10H,3H2,1-2H3. The van der Waals surface area contributed by atoms with Crippen molar-refractivity contribution in [1.29, 1.82) is 0 Å². The summed E-state index contributed by atoms with van der Waals surface area (Å²) in [6.07, 6.45) is 6.83. The lowest BCUT2D eigenvalue weighted by Gasteiger charge is -2.05. The molecule has 0 aliphatic heterocycles. The Morgan fingerprint density at radius 1 is 1.22 bits per heavy atom. The number of nitrogens with zero attached hydrogens (tertiary/aromatic N) is 3. The molecule has 2 aromatic heterocycles. The van der Waals surface area contributed by atoms with Crippen LogP contribution < -0.4 is 0 Å². The van der Waals surface area contributed by atoms with Crippen molar-refractivity contribution in [3.63, 3.8) is 0 Å². The maximum atomic E-state index is 4.55. The fraction of sp³-hybridized carbons (Fsp3) is 0.200. The average Bonchev–Trinajstić information content (AvgIpc) is 2.84. The van der Waals surface area contributed by atoms with Gasteiger partial charge in [-0.15, -0.1) is 0 Å². The van der Waals surface area contributed by atoms with Crippen LogP contribution in [0.1, 0.15) is 12.5 Å². The van der Waals surface area contributed by atoms with Gasteiger partial charge >= 0.3 is 0 Å². The Balaban J connectivity index is 2.17. The molecule has 90 valence electrons. The van der Waals surface area contributed by atoms with Gasteiger partial charge in [0, 0.05) is 30.4 Å². The summed E-state index contributed by atoms with van der Waals surface area (Å²) in [6.45, 7) is 2.17. The number of benzene rings is 1. The SMILES string of the molecule is CCc1cccc2cc(-c3cnn(C)c3)ncc12. The minimum Gasteiger partial charge on any atom is -0.275 e. The quantitative estimate of drug-likeness (QED) is 0.685. The first kappa shape index (κ1) is 11.0. The van der Waals surface area contributed by atoms with Crippen molar-refractivity contribution in [2.45, 2.75) is 13.3 Å². The van der Waals surface area contributed by atoms with Gasteiger partial charge in [-0.2, -0.15) is 5.10 Å². The molecule has 0 aliphatic rings. The third-order valence-corrected chi connectivity index (χ3v) is 3.24. The van der Waals surface area contributed by atoms with E-state index in [9.17, 15) is 0 Å². The van der Waals surface area contributed by atoms with Gasteiger partial charge in [0.25, 0.3) is 0 Å². The first-order valence-corrected chi connectivity index (χ1v) is 6.14. The van der Waals surface area contributed by atoms with Gasteiger partial charge in [-0.25, -0.2) is 0 Å². The molecule has 0 saturated heterocycles. The lowest BCUT2D eigenvalue weighted by molar-refractivity contribution is 0.768. The number of fused-ring (bicyclic) bond motifs is 1. The van der Waals surface area contributed by atoms with E-state index in [1.807, 2.05) is 25.6 Å². The van der Waals surface area contributed by atoms with E-state index in [1.54, 1.807) is 4.68 Å². The Kier molecular flexibility index (Phi) is 2.59. The van der Waals surface area contributed by atoms with Gasteiger partial charge in [0.15, 0.2) is 0 Å². The highest BCUT2D eigenvalue weighted by Gasteiger charge is 2.05. The topological polar surface area (TPSA) is 30.7 Å². The van der Waals surface area contributed by atoms with Crippen molar-refractivity contribution in [1.82, 2.24) is 14.8 Å². The highest BCUT2D eigenvalue weighted by molar-refractivity contribution is 5.87. The number of rotatable bonds is 2. The van der Waals surface area contributed by atoms with Gasteiger partial charge in [0.05, 0.1) is 11.9 Å². The fourth-order valence-electron chi connectivity index (χ4n) is 2.25. The van der Waals surface area contributed by atoms with Crippen molar-refractivity contribution < 1.29 is 0 Å². The third kappa shape index (κ3) is 1.78. The van der Waals surface area contributed by atoms with Crippen LogP contribution in [0.4, 0.5) is 0 Å². The summed E-state index contributed by atoms with van der Waals surface area (Å²) in [5.41, 5.74) is 3.38. The molecule has 1 aromatic carbocycles. The van der Waals surface area contributed by atoms with Crippen LogP contribution in [0, 0.1) is 0 Å². The second kappa shape index (κ2) is 4.26. The Morgan fingerprint density at radius 3 is 2.83 bits per heavy atom. The Morgan fingerprint density at radius 2 is 2.11 bits per heavy atom. The molecule has 3 rings (SSSR count). The van der Waals surface area contributed by atoms with Crippen LogP contribution in [-0.4, -0.2) is 14.8 Å². The normalized spacial score (nSPS) is 11.0.